The molecule has 1 aromatic carbocycles. The number of aromatic nitrogens is 2. The van der Waals surface area contributed by atoms with Gasteiger partial charge in [-0.05, 0) is 24.6 Å². The van der Waals surface area contributed by atoms with Crippen LogP contribution in [0, 0.1) is 5.92 Å². The third kappa shape index (κ3) is 3.70. The van der Waals surface area contributed by atoms with Crippen LogP contribution in [0.5, 0.6) is 0 Å². The van der Waals surface area contributed by atoms with Crippen molar-refractivity contribution < 1.29 is 18.0 Å². The highest BCUT2D eigenvalue weighted by Gasteiger charge is 2.31. The van der Waals surface area contributed by atoms with E-state index in [0.29, 0.717) is 30.9 Å². The first-order valence-corrected chi connectivity index (χ1v) is 8.29. The molecule has 0 saturated carbocycles. The van der Waals surface area contributed by atoms with Gasteiger partial charge in [-0.2, -0.15) is 18.3 Å². The SMILES string of the molecule is CC(C)C(=O)N1CCCn2nc(-c3cccc(C(F)(F)F)c3)cc2C1. The van der Waals surface area contributed by atoms with Crippen LogP contribution in [0.4, 0.5) is 13.2 Å². The van der Waals surface area contributed by atoms with Crippen molar-refractivity contribution in [1.82, 2.24) is 14.7 Å². The molecule has 0 atom stereocenters. The van der Waals surface area contributed by atoms with Crippen molar-refractivity contribution in [2.24, 2.45) is 5.92 Å². The highest BCUT2D eigenvalue weighted by atomic mass is 19.4. The highest BCUT2D eigenvalue weighted by Crippen LogP contribution is 2.32. The van der Waals surface area contributed by atoms with Crippen LogP contribution >= 0.6 is 0 Å². The molecule has 7 heteroatoms. The Bertz CT molecular complexity index is 780. The van der Waals surface area contributed by atoms with Crippen LogP contribution in [0.15, 0.2) is 30.3 Å². The largest absolute Gasteiger partial charge is 0.416 e. The molecule has 0 fully saturated rings. The molecule has 1 amide bonds. The average Bonchev–Trinajstić information content (AvgIpc) is 2.85. The maximum absolute atomic E-state index is 12.9. The minimum absolute atomic E-state index is 0.0790. The third-order valence-corrected chi connectivity index (χ3v) is 4.31. The molecule has 0 saturated heterocycles. The summed E-state index contributed by atoms with van der Waals surface area (Å²) in [5.74, 6) is -0.00678. The van der Waals surface area contributed by atoms with E-state index >= 15 is 0 Å². The molecule has 2 aromatic rings. The number of halogens is 3. The molecular formula is C18H20F3N3O. The Kier molecular flexibility index (Phi) is 4.58. The second kappa shape index (κ2) is 6.54. The van der Waals surface area contributed by atoms with E-state index in [-0.39, 0.29) is 11.8 Å². The van der Waals surface area contributed by atoms with Crippen LogP contribution in [-0.4, -0.2) is 27.1 Å². The lowest BCUT2D eigenvalue weighted by Gasteiger charge is -2.21. The summed E-state index contributed by atoms with van der Waals surface area (Å²) in [4.78, 5) is 14.1. The second-order valence-electron chi connectivity index (χ2n) is 6.59. The van der Waals surface area contributed by atoms with E-state index in [1.54, 1.807) is 21.7 Å². The van der Waals surface area contributed by atoms with Gasteiger partial charge in [0.25, 0.3) is 0 Å². The summed E-state index contributed by atoms with van der Waals surface area (Å²) in [5.41, 5.74) is 1.08. The molecule has 0 spiro atoms. The molecule has 0 radical (unpaired) electrons. The zero-order valence-electron chi connectivity index (χ0n) is 14.2. The second-order valence-corrected chi connectivity index (χ2v) is 6.59. The topological polar surface area (TPSA) is 38.1 Å². The van der Waals surface area contributed by atoms with Crippen LogP contribution in [0.25, 0.3) is 11.3 Å². The standard InChI is InChI=1S/C18H20F3N3O/c1-12(2)17(25)23-7-4-8-24-15(11-23)10-16(22-24)13-5-3-6-14(9-13)18(19,20)21/h3,5-6,9-10,12H,4,7-8,11H2,1-2H3. The molecule has 134 valence electrons. The van der Waals surface area contributed by atoms with E-state index in [4.69, 9.17) is 0 Å². The molecule has 25 heavy (non-hydrogen) atoms. The number of carbonyl (C=O) groups excluding carboxylic acids is 1. The maximum atomic E-state index is 12.9. The lowest BCUT2D eigenvalue weighted by molar-refractivity contribution is -0.137. The number of carbonyl (C=O) groups is 1. The number of hydrogen-bond donors (Lipinski definition) is 0. The van der Waals surface area contributed by atoms with E-state index in [0.717, 1.165) is 24.2 Å². The molecule has 0 aliphatic carbocycles. The Labute approximate surface area is 144 Å². The van der Waals surface area contributed by atoms with Crippen molar-refractivity contribution in [3.8, 4) is 11.3 Å². The van der Waals surface area contributed by atoms with E-state index < -0.39 is 11.7 Å². The van der Waals surface area contributed by atoms with Gasteiger partial charge in [0.1, 0.15) is 0 Å². The van der Waals surface area contributed by atoms with Gasteiger partial charge in [0, 0.05) is 24.6 Å². The number of benzene rings is 1. The molecule has 1 aliphatic rings. The predicted molar refractivity (Wildman–Crippen MR) is 87.5 cm³/mol. The Morgan fingerprint density at radius 1 is 1.20 bits per heavy atom. The number of aryl methyl sites for hydroxylation is 1. The van der Waals surface area contributed by atoms with Gasteiger partial charge < -0.3 is 4.90 Å². The number of rotatable bonds is 2. The van der Waals surface area contributed by atoms with Crippen molar-refractivity contribution in [3.63, 3.8) is 0 Å². The van der Waals surface area contributed by atoms with Crippen molar-refractivity contribution in [2.45, 2.75) is 39.5 Å². The fourth-order valence-electron chi connectivity index (χ4n) is 3.01. The van der Waals surface area contributed by atoms with Gasteiger partial charge in [-0.1, -0.05) is 26.0 Å². The Hall–Kier alpha value is -2.31. The monoisotopic (exact) mass is 351 g/mol. The summed E-state index contributed by atoms with van der Waals surface area (Å²) < 4.78 is 40.5. The highest BCUT2D eigenvalue weighted by molar-refractivity contribution is 5.78. The van der Waals surface area contributed by atoms with Gasteiger partial charge in [-0.3, -0.25) is 9.48 Å². The Morgan fingerprint density at radius 2 is 1.96 bits per heavy atom. The lowest BCUT2D eigenvalue weighted by Crippen LogP contribution is -2.33. The van der Waals surface area contributed by atoms with Gasteiger partial charge in [0.2, 0.25) is 5.91 Å². The number of hydrogen-bond acceptors (Lipinski definition) is 2. The zero-order valence-corrected chi connectivity index (χ0v) is 14.2. The molecule has 0 unspecified atom stereocenters. The summed E-state index contributed by atoms with van der Waals surface area (Å²) in [6.45, 7) is 5.47. The van der Waals surface area contributed by atoms with Gasteiger partial charge in [0.15, 0.2) is 0 Å². The van der Waals surface area contributed by atoms with E-state index in [1.807, 2.05) is 13.8 Å². The Balaban J connectivity index is 1.90. The minimum Gasteiger partial charge on any atom is -0.337 e. The summed E-state index contributed by atoms with van der Waals surface area (Å²) in [6.07, 6.45) is -3.61. The molecule has 2 heterocycles. The van der Waals surface area contributed by atoms with Crippen molar-refractivity contribution in [1.29, 1.82) is 0 Å². The zero-order chi connectivity index (χ0) is 18.2. The fraction of sp³-hybridized carbons (Fsp3) is 0.444. The maximum Gasteiger partial charge on any atom is 0.416 e. The molecule has 1 aromatic heterocycles. The molecule has 0 bridgehead atoms. The smallest absolute Gasteiger partial charge is 0.337 e. The fourth-order valence-corrected chi connectivity index (χ4v) is 3.01. The summed E-state index contributed by atoms with van der Waals surface area (Å²) in [7, 11) is 0. The van der Waals surface area contributed by atoms with Crippen LogP contribution in [0.1, 0.15) is 31.5 Å². The summed E-state index contributed by atoms with van der Waals surface area (Å²) in [5, 5.41) is 4.45. The molecular weight excluding hydrogens is 331 g/mol. The predicted octanol–water partition coefficient (Wildman–Crippen LogP) is 3.96. The van der Waals surface area contributed by atoms with Crippen LogP contribution < -0.4 is 0 Å². The average molecular weight is 351 g/mol. The van der Waals surface area contributed by atoms with Crippen LogP contribution in [0.3, 0.4) is 0 Å². The van der Waals surface area contributed by atoms with Crippen molar-refractivity contribution in [2.75, 3.05) is 6.54 Å². The van der Waals surface area contributed by atoms with Gasteiger partial charge in [0.05, 0.1) is 23.5 Å². The minimum atomic E-state index is -4.38. The number of alkyl halides is 3. The van der Waals surface area contributed by atoms with E-state index in [2.05, 4.69) is 5.10 Å². The Morgan fingerprint density at radius 3 is 2.64 bits per heavy atom. The van der Waals surface area contributed by atoms with E-state index in [1.165, 1.54) is 6.07 Å². The molecule has 3 rings (SSSR count). The van der Waals surface area contributed by atoms with Gasteiger partial charge >= 0.3 is 6.18 Å². The number of nitrogens with zero attached hydrogens (tertiary/aromatic N) is 3. The molecule has 4 nitrogen and oxygen atoms in total. The van der Waals surface area contributed by atoms with Gasteiger partial charge in [-0.15, -0.1) is 0 Å². The number of amides is 1. The van der Waals surface area contributed by atoms with Crippen LogP contribution in [0.2, 0.25) is 0 Å². The van der Waals surface area contributed by atoms with E-state index in [9.17, 15) is 18.0 Å². The quantitative estimate of drug-likeness (QED) is 0.821. The summed E-state index contributed by atoms with van der Waals surface area (Å²) in [6, 6.07) is 6.94. The number of fused-ring (bicyclic) bond motifs is 1. The first-order valence-electron chi connectivity index (χ1n) is 8.29. The van der Waals surface area contributed by atoms with Gasteiger partial charge in [-0.25, -0.2) is 0 Å². The van der Waals surface area contributed by atoms with Crippen molar-refractivity contribution in [3.05, 3.63) is 41.6 Å². The van der Waals surface area contributed by atoms with Crippen molar-refractivity contribution >= 4 is 5.91 Å². The normalized spacial score (nSPS) is 15.2. The first-order chi connectivity index (χ1) is 11.8. The third-order valence-electron chi connectivity index (χ3n) is 4.31. The molecule has 1 aliphatic heterocycles. The van der Waals surface area contributed by atoms with Crippen LogP contribution in [-0.2, 0) is 24.1 Å². The lowest BCUT2D eigenvalue weighted by atomic mass is 10.1. The summed E-state index contributed by atoms with van der Waals surface area (Å²) >= 11 is 0. The molecule has 0 N–H and O–H groups in total. The first kappa shape index (κ1) is 17.5.